The van der Waals surface area contributed by atoms with Crippen LogP contribution in [0, 0.1) is 11.3 Å². The first-order chi connectivity index (χ1) is 9.58. The molecular formula is C16H29N3O. The second-order valence-electron chi connectivity index (χ2n) is 6.58. The van der Waals surface area contributed by atoms with Crippen molar-refractivity contribution < 1.29 is 4.74 Å². The van der Waals surface area contributed by atoms with Crippen molar-refractivity contribution in [2.24, 2.45) is 0 Å². The van der Waals surface area contributed by atoms with Crippen LogP contribution in [0.3, 0.4) is 0 Å². The van der Waals surface area contributed by atoms with Crippen LogP contribution in [-0.2, 0) is 4.74 Å². The highest BCUT2D eigenvalue weighted by Gasteiger charge is 2.39. The summed E-state index contributed by atoms with van der Waals surface area (Å²) in [6.07, 6.45) is 6.02. The van der Waals surface area contributed by atoms with E-state index < -0.39 is 0 Å². The molecule has 0 aromatic heterocycles. The maximum Gasteiger partial charge on any atom is 0.108 e. The summed E-state index contributed by atoms with van der Waals surface area (Å²) in [6.45, 7) is 9.41. The normalized spacial score (nSPS) is 39.4. The van der Waals surface area contributed by atoms with Gasteiger partial charge in [-0.05, 0) is 52.5 Å². The average Bonchev–Trinajstić information content (AvgIpc) is 2.44. The molecule has 0 radical (unpaired) electrons. The van der Waals surface area contributed by atoms with Gasteiger partial charge in [-0.15, -0.1) is 0 Å². The lowest BCUT2D eigenvalue weighted by molar-refractivity contribution is -0.0866. The molecule has 4 nitrogen and oxygen atoms in total. The van der Waals surface area contributed by atoms with E-state index in [0.29, 0.717) is 18.2 Å². The highest BCUT2D eigenvalue weighted by atomic mass is 16.5. The molecule has 2 fully saturated rings. The third kappa shape index (κ3) is 3.72. The van der Waals surface area contributed by atoms with Gasteiger partial charge in [0, 0.05) is 19.1 Å². The lowest BCUT2D eigenvalue weighted by Gasteiger charge is -2.45. The Balaban J connectivity index is 2.00. The lowest BCUT2D eigenvalue weighted by Crippen LogP contribution is -2.56. The van der Waals surface area contributed by atoms with Gasteiger partial charge in [0.25, 0.3) is 0 Å². The van der Waals surface area contributed by atoms with E-state index in [0.717, 1.165) is 45.3 Å². The fourth-order valence-corrected chi connectivity index (χ4v) is 3.74. The molecule has 2 rings (SSSR count). The van der Waals surface area contributed by atoms with Crippen molar-refractivity contribution in [1.82, 2.24) is 10.2 Å². The van der Waals surface area contributed by atoms with Gasteiger partial charge in [0.1, 0.15) is 5.54 Å². The highest BCUT2D eigenvalue weighted by Crippen LogP contribution is 2.32. The van der Waals surface area contributed by atoms with Crippen molar-refractivity contribution in [2.75, 3.05) is 19.6 Å². The summed E-state index contributed by atoms with van der Waals surface area (Å²) < 4.78 is 5.83. The summed E-state index contributed by atoms with van der Waals surface area (Å²) in [7, 11) is 0. The van der Waals surface area contributed by atoms with Crippen LogP contribution >= 0.6 is 0 Å². The Bertz CT molecular complexity index is 344. The molecule has 1 saturated heterocycles. The van der Waals surface area contributed by atoms with E-state index >= 15 is 0 Å². The fraction of sp³-hybridized carbons (Fsp3) is 0.938. The Morgan fingerprint density at radius 2 is 2.05 bits per heavy atom. The van der Waals surface area contributed by atoms with Crippen molar-refractivity contribution in [3.05, 3.63) is 0 Å². The van der Waals surface area contributed by atoms with Crippen LogP contribution < -0.4 is 5.32 Å². The predicted molar refractivity (Wildman–Crippen MR) is 80.5 cm³/mol. The van der Waals surface area contributed by atoms with E-state index in [-0.39, 0.29) is 5.54 Å². The zero-order valence-corrected chi connectivity index (χ0v) is 13.2. The number of nitrogens with zero attached hydrogens (tertiary/aromatic N) is 2. The first-order valence-electron chi connectivity index (χ1n) is 8.14. The molecule has 0 aromatic carbocycles. The molecule has 0 spiro atoms. The summed E-state index contributed by atoms with van der Waals surface area (Å²) in [5.41, 5.74) is -0.302. The molecule has 1 aliphatic carbocycles. The first-order valence-corrected chi connectivity index (χ1v) is 8.14. The van der Waals surface area contributed by atoms with Crippen molar-refractivity contribution in [3.63, 3.8) is 0 Å². The average molecular weight is 279 g/mol. The molecule has 114 valence electrons. The zero-order chi connectivity index (χ0) is 14.6. The molecule has 0 aromatic rings. The Labute approximate surface area is 123 Å². The van der Waals surface area contributed by atoms with Gasteiger partial charge in [0.15, 0.2) is 0 Å². The number of hydrogen-bond donors (Lipinski definition) is 1. The van der Waals surface area contributed by atoms with Gasteiger partial charge in [0.05, 0.1) is 18.3 Å². The number of rotatable bonds is 4. The second kappa shape index (κ2) is 6.89. The summed E-state index contributed by atoms with van der Waals surface area (Å²) in [4.78, 5) is 2.55. The van der Waals surface area contributed by atoms with Crippen molar-refractivity contribution in [2.45, 2.75) is 76.7 Å². The smallest absolute Gasteiger partial charge is 0.108 e. The molecule has 4 unspecified atom stereocenters. The standard InChI is InChI=1S/C16H29N3O/c1-4-8-18-16(12-17)7-5-6-15(9-16)19-10-13(2)20-14(3)11-19/h13-15,18H,4-11H2,1-3H3. The van der Waals surface area contributed by atoms with Crippen molar-refractivity contribution in [3.8, 4) is 6.07 Å². The van der Waals surface area contributed by atoms with Gasteiger partial charge < -0.3 is 4.74 Å². The minimum absolute atomic E-state index is 0.302. The highest BCUT2D eigenvalue weighted by molar-refractivity contribution is 5.11. The molecule has 0 amide bonds. The molecule has 1 N–H and O–H groups in total. The van der Waals surface area contributed by atoms with Crippen LogP contribution in [-0.4, -0.2) is 48.3 Å². The number of nitriles is 1. The molecular weight excluding hydrogens is 250 g/mol. The Hall–Kier alpha value is -0.630. The fourth-order valence-electron chi connectivity index (χ4n) is 3.74. The monoisotopic (exact) mass is 279 g/mol. The van der Waals surface area contributed by atoms with Crippen LogP contribution in [0.1, 0.15) is 52.9 Å². The number of hydrogen-bond acceptors (Lipinski definition) is 4. The van der Waals surface area contributed by atoms with Gasteiger partial charge >= 0.3 is 0 Å². The summed E-state index contributed by atoms with van der Waals surface area (Å²) in [5.74, 6) is 0. The molecule has 0 bridgehead atoms. The Kier molecular flexibility index (Phi) is 5.42. The lowest BCUT2D eigenvalue weighted by atomic mass is 9.79. The van der Waals surface area contributed by atoms with E-state index in [4.69, 9.17) is 4.74 Å². The topological polar surface area (TPSA) is 48.3 Å². The van der Waals surface area contributed by atoms with Crippen LogP contribution in [0.4, 0.5) is 0 Å². The minimum Gasteiger partial charge on any atom is -0.373 e. The SMILES string of the molecule is CCCNC1(C#N)CCCC(N2CC(C)OC(C)C2)C1. The second-order valence-corrected chi connectivity index (χ2v) is 6.58. The summed E-state index contributed by atoms with van der Waals surface area (Å²) >= 11 is 0. The quantitative estimate of drug-likeness (QED) is 0.858. The number of ether oxygens (including phenoxy) is 1. The molecule has 4 heteroatoms. The Morgan fingerprint density at radius 3 is 2.65 bits per heavy atom. The van der Waals surface area contributed by atoms with Crippen molar-refractivity contribution in [1.29, 1.82) is 5.26 Å². The molecule has 1 aliphatic heterocycles. The van der Waals surface area contributed by atoms with E-state index in [1.807, 2.05) is 0 Å². The largest absolute Gasteiger partial charge is 0.373 e. The van der Waals surface area contributed by atoms with E-state index in [1.165, 1.54) is 6.42 Å². The summed E-state index contributed by atoms with van der Waals surface area (Å²) in [5, 5.41) is 13.1. The summed E-state index contributed by atoms with van der Waals surface area (Å²) in [6, 6.07) is 3.10. The molecule has 1 heterocycles. The van der Waals surface area contributed by atoms with Gasteiger partial charge in [0.2, 0.25) is 0 Å². The molecule has 20 heavy (non-hydrogen) atoms. The van der Waals surface area contributed by atoms with Crippen LogP contribution in [0.2, 0.25) is 0 Å². The van der Waals surface area contributed by atoms with Crippen LogP contribution in [0.25, 0.3) is 0 Å². The predicted octanol–water partition coefficient (Wildman–Crippen LogP) is 2.30. The van der Waals surface area contributed by atoms with E-state index in [9.17, 15) is 5.26 Å². The van der Waals surface area contributed by atoms with Gasteiger partial charge in [-0.3, -0.25) is 10.2 Å². The third-order valence-corrected chi connectivity index (χ3v) is 4.62. The van der Waals surface area contributed by atoms with Gasteiger partial charge in [-0.2, -0.15) is 5.26 Å². The number of morpholine rings is 1. The molecule has 4 atom stereocenters. The third-order valence-electron chi connectivity index (χ3n) is 4.62. The molecule has 2 aliphatic rings. The van der Waals surface area contributed by atoms with Crippen LogP contribution in [0.5, 0.6) is 0 Å². The van der Waals surface area contributed by atoms with E-state index in [1.54, 1.807) is 0 Å². The van der Waals surface area contributed by atoms with Crippen LogP contribution in [0.15, 0.2) is 0 Å². The minimum atomic E-state index is -0.302. The first kappa shape index (κ1) is 15.8. The number of nitrogens with one attached hydrogen (secondary N) is 1. The maximum absolute atomic E-state index is 9.63. The van der Waals surface area contributed by atoms with E-state index in [2.05, 4.69) is 37.1 Å². The van der Waals surface area contributed by atoms with Crippen molar-refractivity contribution >= 4 is 0 Å². The zero-order valence-electron chi connectivity index (χ0n) is 13.2. The van der Waals surface area contributed by atoms with Gasteiger partial charge in [-0.25, -0.2) is 0 Å². The molecule has 1 saturated carbocycles. The maximum atomic E-state index is 9.63. The van der Waals surface area contributed by atoms with Gasteiger partial charge in [-0.1, -0.05) is 6.92 Å². The Morgan fingerprint density at radius 1 is 1.35 bits per heavy atom.